The van der Waals surface area contributed by atoms with Crippen LogP contribution >= 0.6 is 15.9 Å². The van der Waals surface area contributed by atoms with Gasteiger partial charge in [0.15, 0.2) is 11.5 Å². The van der Waals surface area contributed by atoms with E-state index in [2.05, 4.69) is 21.2 Å². The molecule has 86 valence electrons. The third kappa shape index (κ3) is 2.14. The van der Waals surface area contributed by atoms with Gasteiger partial charge in [-0.25, -0.2) is 0 Å². The molecular weight excluding hydrogens is 274 g/mol. The number of fused-ring (bicyclic) bond motifs is 1. The van der Waals surface area contributed by atoms with Crippen LogP contribution in [0.4, 0.5) is 0 Å². The molecule has 1 aromatic rings. The monoisotopic (exact) mass is 285 g/mol. The fraction of sp³-hybridized carbons (Fsp3) is 0.364. The lowest BCUT2D eigenvalue weighted by molar-refractivity contribution is 0.0953. The van der Waals surface area contributed by atoms with Crippen LogP contribution in [0.1, 0.15) is 17.3 Å². The molecule has 0 saturated heterocycles. The number of benzene rings is 1. The Kier molecular flexibility index (Phi) is 3.33. The van der Waals surface area contributed by atoms with Crippen LogP contribution in [-0.4, -0.2) is 25.7 Å². The maximum absolute atomic E-state index is 11.7. The molecule has 2 rings (SSSR count). The van der Waals surface area contributed by atoms with Crippen molar-refractivity contribution >= 4 is 21.8 Å². The molecule has 0 aliphatic carbocycles. The SMILES string of the molecule is CCNC(=O)c1cc2c(cc1Br)OCCO2. The maximum atomic E-state index is 11.7. The number of carbonyl (C=O) groups is 1. The molecule has 4 nitrogen and oxygen atoms in total. The molecule has 0 fully saturated rings. The van der Waals surface area contributed by atoms with Crippen LogP contribution in [0.3, 0.4) is 0 Å². The molecule has 16 heavy (non-hydrogen) atoms. The van der Waals surface area contributed by atoms with Crippen molar-refractivity contribution in [1.29, 1.82) is 0 Å². The average molecular weight is 286 g/mol. The van der Waals surface area contributed by atoms with Gasteiger partial charge in [-0.1, -0.05) is 0 Å². The van der Waals surface area contributed by atoms with E-state index in [1.165, 1.54) is 0 Å². The van der Waals surface area contributed by atoms with Gasteiger partial charge in [-0.3, -0.25) is 4.79 Å². The normalized spacial score (nSPS) is 13.4. The lowest BCUT2D eigenvalue weighted by atomic mass is 10.2. The van der Waals surface area contributed by atoms with Gasteiger partial charge in [0.05, 0.1) is 5.56 Å². The molecule has 0 bridgehead atoms. The zero-order chi connectivity index (χ0) is 11.5. The van der Waals surface area contributed by atoms with Crippen molar-refractivity contribution in [2.24, 2.45) is 0 Å². The molecule has 1 N–H and O–H groups in total. The van der Waals surface area contributed by atoms with E-state index in [1.807, 2.05) is 6.92 Å². The van der Waals surface area contributed by atoms with Gasteiger partial charge in [-0.15, -0.1) is 0 Å². The van der Waals surface area contributed by atoms with Crippen LogP contribution in [0.15, 0.2) is 16.6 Å². The highest BCUT2D eigenvalue weighted by Gasteiger charge is 2.18. The molecule has 1 aromatic carbocycles. The van der Waals surface area contributed by atoms with E-state index in [0.29, 0.717) is 41.3 Å². The predicted octanol–water partition coefficient (Wildman–Crippen LogP) is 1.97. The number of hydrogen-bond donors (Lipinski definition) is 1. The molecule has 5 heteroatoms. The van der Waals surface area contributed by atoms with E-state index < -0.39 is 0 Å². The summed E-state index contributed by atoms with van der Waals surface area (Å²) in [7, 11) is 0. The molecular formula is C11H12BrNO3. The zero-order valence-corrected chi connectivity index (χ0v) is 10.5. The quantitative estimate of drug-likeness (QED) is 0.904. The second kappa shape index (κ2) is 4.74. The highest BCUT2D eigenvalue weighted by atomic mass is 79.9. The lowest BCUT2D eigenvalue weighted by Crippen LogP contribution is -2.23. The largest absolute Gasteiger partial charge is 0.486 e. The van der Waals surface area contributed by atoms with Crippen LogP contribution in [0.2, 0.25) is 0 Å². The first-order valence-corrected chi connectivity index (χ1v) is 5.89. The number of hydrogen-bond acceptors (Lipinski definition) is 3. The van der Waals surface area contributed by atoms with Crippen molar-refractivity contribution in [3.05, 3.63) is 22.2 Å². The highest BCUT2D eigenvalue weighted by molar-refractivity contribution is 9.10. The van der Waals surface area contributed by atoms with Crippen LogP contribution in [0.25, 0.3) is 0 Å². The number of ether oxygens (including phenoxy) is 2. The summed E-state index contributed by atoms with van der Waals surface area (Å²) in [6.07, 6.45) is 0. The Labute approximate surface area is 102 Å². The van der Waals surface area contributed by atoms with Gasteiger partial charge in [-0.05, 0) is 35.0 Å². The van der Waals surface area contributed by atoms with E-state index in [4.69, 9.17) is 9.47 Å². The molecule has 0 aromatic heterocycles. The Morgan fingerprint density at radius 3 is 2.62 bits per heavy atom. The summed E-state index contributed by atoms with van der Waals surface area (Å²) in [5.41, 5.74) is 0.561. The van der Waals surface area contributed by atoms with Crippen molar-refractivity contribution in [3.8, 4) is 11.5 Å². The Bertz CT molecular complexity index is 420. The van der Waals surface area contributed by atoms with Crippen molar-refractivity contribution in [1.82, 2.24) is 5.32 Å². The number of carbonyl (C=O) groups excluding carboxylic acids is 1. The van der Waals surface area contributed by atoms with Crippen LogP contribution < -0.4 is 14.8 Å². The van der Waals surface area contributed by atoms with Crippen LogP contribution in [0, 0.1) is 0 Å². The molecule has 0 saturated carbocycles. The first-order valence-electron chi connectivity index (χ1n) is 5.09. The van der Waals surface area contributed by atoms with E-state index in [0.717, 1.165) is 0 Å². The summed E-state index contributed by atoms with van der Waals surface area (Å²) >= 11 is 3.35. The van der Waals surface area contributed by atoms with Crippen LogP contribution in [0.5, 0.6) is 11.5 Å². The van der Waals surface area contributed by atoms with Crippen molar-refractivity contribution < 1.29 is 14.3 Å². The predicted molar refractivity (Wildman–Crippen MR) is 63.1 cm³/mol. The Morgan fingerprint density at radius 1 is 1.38 bits per heavy atom. The Balaban J connectivity index is 2.35. The maximum Gasteiger partial charge on any atom is 0.252 e. The molecule has 1 heterocycles. The lowest BCUT2D eigenvalue weighted by Gasteiger charge is -2.19. The van der Waals surface area contributed by atoms with Gasteiger partial charge in [0.1, 0.15) is 13.2 Å². The van der Waals surface area contributed by atoms with E-state index in [1.54, 1.807) is 12.1 Å². The second-order valence-electron chi connectivity index (χ2n) is 3.34. The fourth-order valence-corrected chi connectivity index (χ4v) is 2.00. The standard InChI is InChI=1S/C11H12BrNO3/c1-2-13-11(14)7-5-9-10(6-8(7)12)16-4-3-15-9/h5-6H,2-4H2,1H3,(H,13,14). The third-order valence-corrected chi connectivity index (χ3v) is 2.87. The van der Waals surface area contributed by atoms with E-state index >= 15 is 0 Å². The molecule has 0 unspecified atom stereocenters. The molecule has 1 aliphatic heterocycles. The third-order valence-electron chi connectivity index (χ3n) is 2.21. The summed E-state index contributed by atoms with van der Waals surface area (Å²) in [4.78, 5) is 11.7. The van der Waals surface area contributed by atoms with Crippen molar-refractivity contribution in [2.45, 2.75) is 6.92 Å². The van der Waals surface area contributed by atoms with E-state index in [-0.39, 0.29) is 5.91 Å². The summed E-state index contributed by atoms with van der Waals surface area (Å²) in [6, 6.07) is 3.46. The number of halogens is 1. The number of nitrogens with one attached hydrogen (secondary N) is 1. The molecule has 0 spiro atoms. The van der Waals surface area contributed by atoms with Gasteiger partial charge in [0.2, 0.25) is 0 Å². The number of amides is 1. The van der Waals surface area contributed by atoms with Crippen molar-refractivity contribution in [3.63, 3.8) is 0 Å². The summed E-state index contributed by atoms with van der Waals surface area (Å²) in [5.74, 6) is 1.17. The van der Waals surface area contributed by atoms with E-state index in [9.17, 15) is 4.79 Å². The molecule has 0 atom stereocenters. The first kappa shape index (κ1) is 11.3. The Morgan fingerprint density at radius 2 is 2.00 bits per heavy atom. The molecule has 1 aliphatic rings. The smallest absolute Gasteiger partial charge is 0.252 e. The van der Waals surface area contributed by atoms with Crippen LogP contribution in [-0.2, 0) is 0 Å². The molecule has 0 radical (unpaired) electrons. The summed E-state index contributed by atoms with van der Waals surface area (Å²) < 4.78 is 11.5. The summed E-state index contributed by atoms with van der Waals surface area (Å²) in [6.45, 7) is 3.53. The molecule has 1 amide bonds. The summed E-state index contributed by atoms with van der Waals surface area (Å²) in [5, 5.41) is 2.74. The fourth-order valence-electron chi connectivity index (χ4n) is 1.49. The van der Waals surface area contributed by atoms with Crippen molar-refractivity contribution in [2.75, 3.05) is 19.8 Å². The average Bonchev–Trinajstić information content (AvgIpc) is 2.28. The van der Waals surface area contributed by atoms with Gasteiger partial charge in [-0.2, -0.15) is 0 Å². The minimum absolute atomic E-state index is 0.119. The van der Waals surface area contributed by atoms with Gasteiger partial charge >= 0.3 is 0 Å². The van der Waals surface area contributed by atoms with Gasteiger partial charge in [0, 0.05) is 11.0 Å². The van der Waals surface area contributed by atoms with Gasteiger partial charge in [0.25, 0.3) is 5.91 Å². The second-order valence-corrected chi connectivity index (χ2v) is 4.19. The topological polar surface area (TPSA) is 47.6 Å². The van der Waals surface area contributed by atoms with Gasteiger partial charge < -0.3 is 14.8 Å². The zero-order valence-electron chi connectivity index (χ0n) is 8.88. The number of rotatable bonds is 2. The first-order chi connectivity index (χ1) is 7.72. The minimum Gasteiger partial charge on any atom is -0.486 e. The highest BCUT2D eigenvalue weighted by Crippen LogP contribution is 2.35. The Hall–Kier alpha value is -1.23. The minimum atomic E-state index is -0.119.